The number of likely N-dealkylation sites (tertiary alicyclic amines) is 1. The molecule has 0 radical (unpaired) electrons. The van der Waals surface area contributed by atoms with Crippen molar-refractivity contribution in [2.75, 3.05) is 31.6 Å². The number of nitrogens with one attached hydrogen (secondary N) is 1. The second kappa shape index (κ2) is 7.58. The summed E-state index contributed by atoms with van der Waals surface area (Å²) in [6, 6.07) is -1.15. The predicted molar refractivity (Wildman–Crippen MR) is 74.2 cm³/mol. The summed E-state index contributed by atoms with van der Waals surface area (Å²) >= 11 is 0. The quantitative estimate of drug-likeness (QED) is 0.656. The first kappa shape index (κ1) is 16.9. The Labute approximate surface area is 119 Å². The minimum absolute atomic E-state index is 0.111. The molecule has 1 unspecified atom stereocenters. The third kappa shape index (κ3) is 6.85. The Balaban J connectivity index is 2.43. The molecule has 1 amide bonds. The zero-order valence-electron chi connectivity index (χ0n) is 11.7. The summed E-state index contributed by atoms with van der Waals surface area (Å²) in [5.41, 5.74) is 0. The van der Waals surface area contributed by atoms with Crippen molar-refractivity contribution in [3.05, 3.63) is 0 Å². The lowest BCUT2D eigenvalue weighted by molar-refractivity contribution is -0.142. The molecular weight excluding hydrogens is 284 g/mol. The average Bonchev–Trinajstić information content (AvgIpc) is 2.34. The topological polar surface area (TPSA) is 104 Å². The van der Waals surface area contributed by atoms with Gasteiger partial charge in [-0.25, -0.2) is 13.2 Å². The molecule has 8 heteroatoms. The van der Waals surface area contributed by atoms with Gasteiger partial charge >= 0.3 is 5.97 Å². The van der Waals surface area contributed by atoms with E-state index < -0.39 is 21.8 Å². The van der Waals surface area contributed by atoms with E-state index >= 15 is 0 Å². The molecule has 1 fully saturated rings. The lowest BCUT2D eigenvalue weighted by atomic mass is 10.1. The Morgan fingerprint density at radius 3 is 2.35 bits per heavy atom. The molecule has 0 bridgehead atoms. The number of amides is 1. The first-order valence-corrected chi connectivity index (χ1v) is 8.76. The average molecular weight is 306 g/mol. The molecule has 0 aromatic heterocycles. The van der Waals surface area contributed by atoms with E-state index in [-0.39, 0.29) is 24.6 Å². The maximum atomic E-state index is 11.8. The van der Waals surface area contributed by atoms with Crippen LogP contribution in [-0.4, -0.2) is 68.0 Å². The Kier molecular flexibility index (Phi) is 6.41. The minimum atomic E-state index is -3.24. The summed E-state index contributed by atoms with van der Waals surface area (Å²) in [5.74, 6) is -1.83. The van der Waals surface area contributed by atoms with E-state index in [4.69, 9.17) is 5.11 Å². The van der Waals surface area contributed by atoms with E-state index in [1.807, 2.05) is 4.90 Å². The van der Waals surface area contributed by atoms with Gasteiger partial charge in [-0.1, -0.05) is 6.42 Å². The standard InChI is InChI=1S/C12H22N2O5S/c1-20(18,19)8-5-10(12(16)17)13-11(15)9-14-6-3-2-4-7-14/h10H,2-9H2,1H3,(H,13,15)(H,16,17). The Bertz CT molecular complexity index is 443. The van der Waals surface area contributed by atoms with E-state index in [0.29, 0.717) is 0 Å². The van der Waals surface area contributed by atoms with Crippen molar-refractivity contribution < 1.29 is 23.1 Å². The van der Waals surface area contributed by atoms with E-state index in [1.165, 1.54) is 0 Å². The fraction of sp³-hybridized carbons (Fsp3) is 0.833. The lowest BCUT2D eigenvalue weighted by Crippen LogP contribution is -2.47. The second-order valence-corrected chi connectivity index (χ2v) is 7.47. The molecule has 1 heterocycles. The zero-order valence-corrected chi connectivity index (χ0v) is 12.5. The summed E-state index contributed by atoms with van der Waals surface area (Å²) in [6.07, 6.45) is 4.18. The number of rotatable bonds is 7. The fourth-order valence-electron chi connectivity index (χ4n) is 2.15. The molecule has 1 atom stereocenters. The highest BCUT2D eigenvalue weighted by molar-refractivity contribution is 7.90. The third-order valence-corrected chi connectivity index (χ3v) is 4.20. The summed E-state index contributed by atoms with van der Waals surface area (Å²) in [6.45, 7) is 1.85. The van der Waals surface area contributed by atoms with E-state index in [1.54, 1.807) is 0 Å². The van der Waals surface area contributed by atoms with Crippen molar-refractivity contribution in [3.8, 4) is 0 Å². The maximum Gasteiger partial charge on any atom is 0.326 e. The van der Waals surface area contributed by atoms with Crippen LogP contribution in [0.5, 0.6) is 0 Å². The highest BCUT2D eigenvalue weighted by Crippen LogP contribution is 2.07. The van der Waals surface area contributed by atoms with Gasteiger partial charge in [0.2, 0.25) is 5.91 Å². The molecule has 1 rings (SSSR count). The molecule has 116 valence electrons. The van der Waals surface area contributed by atoms with Gasteiger partial charge in [-0.15, -0.1) is 0 Å². The number of carboxylic acid groups (broad SMARTS) is 1. The molecule has 0 aromatic carbocycles. The largest absolute Gasteiger partial charge is 0.480 e. The normalized spacial score (nSPS) is 18.4. The smallest absolute Gasteiger partial charge is 0.326 e. The molecule has 20 heavy (non-hydrogen) atoms. The van der Waals surface area contributed by atoms with Crippen molar-refractivity contribution in [3.63, 3.8) is 0 Å². The number of carbonyl (C=O) groups is 2. The van der Waals surface area contributed by atoms with Gasteiger partial charge in [0, 0.05) is 6.26 Å². The van der Waals surface area contributed by atoms with Crippen molar-refractivity contribution >= 4 is 21.7 Å². The van der Waals surface area contributed by atoms with Crippen molar-refractivity contribution in [1.29, 1.82) is 0 Å². The zero-order chi connectivity index (χ0) is 15.2. The molecule has 0 saturated carbocycles. The summed E-state index contributed by atoms with van der Waals surface area (Å²) in [5, 5.41) is 11.4. The number of aliphatic carboxylic acids is 1. The van der Waals surface area contributed by atoms with E-state index in [9.17, 15) is 18.0 Å². The van der Waals surface area contributed by atoms with Crippen LogP contribution in [0.2, 0.25) is 0 Å². The first-order chi connectivity index (χ1) is 9.28. The second-order valence-electron chi connectivity index (χ2n) is 5.21. The number of carboxylic acids is 1. The molecule has 1 aliphatic heterocycles. The number of hydrogen-bond acceptors (Lipinski definition) is 5. The first-order valence-electron chi connectivity index (χ1n) is 6.70. The molecule has 1 saturated heterocycles. The number of carbonyl (C=O) groups excluding carboxylic acids is 1. The molecule has 0 aromatic rings. The number of sulfone groups is 1. The van der Waals surface area contributed by atoms with Gasteiger partial charge < -0.3 is 10.4 Å². The van der Waals surface area contributed by atoms with Crippen molar-refractivity contribution in [1.82, 2.24) is 10.2 Å². The number of nitrogens with zero attached hydrogens (tertiary/aromatic N) is 1. The van der Waals surface area contributed by atoms with Gasteiger partial charge in [0.15, 0.2) is 0 Å². The van der Waals surface area contributed by atoms with Gasteiger partial charge in [-0.2, -0.15) is 0 Å². The monoisotopic (exact) mass is 306 g/mol. The van der Waals surface area contributed by atoms with Gasteiger partial charge in [0.05, 0.1) is 12.3 Å². The molecule has 0 aliphatic carbocycles. The molecule has 1 aliphatic rings. The van der Waals surface area contributed by atoms with Gasteiger partial charge in [-0.05, 0) is 32.4 Å². The van der Waals surface area contributed by atoms with Crippen LogP contribution in [0.3, 0.4) is 0 Å². The van der Waals surface area contributed by atoms with Gasteiger partial charge in [-0.3, -0.25) is 9.69 Å². The van der Waals surface area contributed by atoms with Gasteiger partial charge in [0.1, 0.15) is 15.9 Å². The summed E-state index contributed by atoms with van der Waals surface area (Å²) in [7, 11) is -3.24. The van der Waals surface area contributed by atoms with Crippen LogP contribution in [0.25, 0.3) is 0 Å². The Morgan fingerprint density at radius 1 is 1.25 bits per heavy atom. The maximum absolute atomic E-state index is 11.8. The fourth-order valence-corrected chi connectivity index (χ4v) is 2.81. The SMILES string of the molecule is CS(=O)(=O)CCC(NC(=O)CN1CCCCC1)C(=O)O. The Hall–Kier alpha value is -1.15. The van der Waals surface area contributed by atoms with Crippen LogP contribution < -0.4 is 5.32 Å². The van der Waals surface area contributed by atoms with Crippen LogP contribution in [0.4, 0.5) is 0 Å². The summed E-state index contributed by atoms with van der Waals surface area (Å²) < 4.78 is 22.1. The van der Waals surface area contributed by atoms with Gasteiger partial charge in [0.25, 0.3) is 0 Å². The number of hydrogen-bond donors (Lipinski definition) is 2. The predicted octanol–water partition coefficient (Wildman–Crippen LogP) is -0.524. The van der Waals surface area contributed by atoms with Crippen LogP contribution >= 0.6 is 0 Å². The summed E-state index contributed by atoms with van der Waals surface area (Å²) in [4.78, 5) is 24.8. The molecule has 2 N–H and O–H groups in total. The highest BCUT2D eigenvalue weighted by atomic mass is 32.2. The van der Waals surface area contributed by atoms with E-state index in [2.05, 4.69) is 5.32 Å². The van der Waals surface area contributed by atoms with Crippen LogP contribution in [0, 0.1) is 0 Å². The highest BCUT2D eigenvalue weighted by Gasteiger charge is 2.23. The van der Waals surface area contributed by atoms with Crippen LogP contribution in [0.15, 0.2) is 0 Å². The van der Waals surface area contributed by atoms with Crippen LogP contribution in [-0.2, 0) is 19.4 Å². The Morgan fingerprint density at radius 2 is 1.85 bits per heavy atom. The van der Waals surface area contributed by atoms with Crippen LogP contribution in [0.1, 0.15) is 25.7 Å². The van der Waals surface area contributed by atoms with Crippen molar-refractivity contribution in [2.45, 2.75) is 31.7 Å². The third-order valence-electron chi connectivity index (χ3n) is 3.23. The molecular formula is C12H22N2O5S. The van der Waals surface area contributed by atoms with E-state index in [0.717, 1.165) is 38.6 Å². The molecule has 0 spiro atoms. The number of piperidine rings is 1. The molecule has 7 nitrogen and oxygen atoms in total. The minimum Gasteiger partial charge on any atom is -0.480 e. The lowest BCUT2D eigenvalue weighted by Gasteiger charge is -2.26. The van der Waals surface area contributed by atoms with Crippen molar-refractivity contribution in [2.24, 2.45) is 0 Å².